The molecular formula is C13H16BrFN2O2. The van der Waals surface area contributed by atoms with Crippen molar-refractivity contribution in [1.82, 2.24) is 5.32 Å². The first-order valence-electron chi connectivity index (χ1n) is 6.23. The second kappa shape index (κ2) is 6.23. The van der Waals surface area contributed by atoms with Crippen LogP contribution < -0.4 is 15.8 Å². The highest BCUT2D eigenvalue weighted by atomic mass is 79.9. The number of rotatable bonds is 4. The van der Waals surface area contributed by atoms with E-state index in [4.69, 9.17) is 10.5 Å². The summed E-state index contributed by atoms with van der Waals surface area (Å²) in [5, 5.41) is 2.91. The Morgan fingerprint density at radius 1 is 1.47 bits per heavy atom. The fraction of sp³-hybridized carbons (Fsp3) is 0.462. The molecule has 19 heavy (non-hydrogen) atoms. The molecule has 4 nitrogen and oxygen atoms in total. The molecule has 1 aromatic carbocycles. The SMILES string of the molecule is Nc1cc(F)cc(Br)c1OCC(=O)NC1CCCC1. The molecular weight excluding hydrogens is 315 g/mol. The first-order valence-corrected chi connectivity index (χ1v) is 7.02. The number of anilines is 1. The highest BCUT2D eigenvalue weighted by Crippen LogP contribution is 2.32. The van der Waals surface area contributed by atoms with Gasteiger partial charge in [-0.2, -0.15) is 0 Å². The fourth-order valence-electron chi connectivity index (χ4n) is 2.21. The molecule has 0 atom stereocenters. The molecule has 0 aliphatic heterocycles. The largest absolute Gasteiger partial charge is 0.480 e. The van der Waals surface area contributed by atoms with E-state index in [9.17, 15) is 9.18 Å². The molecule has 1 aromatic rings. The van der Waals surface area contributed by atoms with E-state index in [0.29, 0.717) is 10.2 Å². The lowest BCUT2D eigenvalue weighted by molar-refractivity contribution is -0.123. The van der Waals surface area contributed by atoms with E-state index in [1.807, 2.05) is 0 Å². The van der Waals surface area contributed by atoms with Crippen molar-refractivity contribution in [2.24, 2.45) is 0 Å². The first kappa shape index (κ1) is 14.1. The van der Waals surface area contributed by atoms with Crippen molar-refractivity contribution in [2.75, 3.05) is 12.3 Å². The van der Waals surface area contributed by atoms with Crippen LogP contribution in [0, 0.1) is 5.82 Å². The van der Waals surface area contributed by atoms with Crippen molar-refractivity contribution in [3.63, 3.8) is 0 Å². The molecule has 0 bridgehead atoms. The van der Waals surface area contributed by atoms with Crippen LogP contribution in [-0.4, -0.2) is 18.6 Å². The van der Waals surface area contributed by atoms with E-state index in [1.165, 1.54) is 6.07 Å². The lowest BCUT2D eigenvalue weighted by Gasteiger charge is -2.14. The Morgan fingerprint density at radius 2 is 2.16 bits per heavy atom. The van der Waals surface area contributed by atoms with E-state index >= 15 is 0 Å². The van der Waals surface area contributed by atoms with Crippen molar-refractivity contribution in [2.45, 2.75) is 31.7 Å². The fourth-order valence-corrected chi connectivity index (χ4v) is 2.77. The Morgan fingerprint density at radius 3 is 2.79 bits per heavy atom. The summed E-state index contributed by atoms with van der Waals surface area (Å²) in [6, 6.07) is 2.67. The van der Waals surface area contributed by atoms with Gasteiger partial charge in [-0.05, 0) is 34.8 Å². The molecule has 0 heterocycles. The molecule has 0 spiro atoms. The third-order valence-electron chi connectivity index (χ3n) is 3.10. The van der Waals surface area contributed by atoms with Crippen LogP contribution in [0.2, 0.25) is 0 Å². The highest BCUT2D eigenvalue weighted by Gasteiger charge is 2.18. The molecule has 104 valence electrons. The Kier molecular flexibility index (Phi) is 4.63. The topological polar surface area (TPSA) is 64.3 Å². The molecule has 0 unspecified atom stereocenters. The molecule has 0 saturated heterocycles. The number of carbonyl (C=O) groups excluding carboxylic acids is 1. The van der Waals surface area contributed by atoms with Crippen LogP contribution in [0.4, 0.5) is 10.1 Å². The van der Waals surface area contributed by atoms with E-state index < -0.39 is 5.82 Å². The molecule has 0 radical (unpaired) electrons. The highest BCUT2D eigenvalue weighted by molar-refractivity contribution is 9.10. The van der Waals surface area contributed by atoms with E-state index in [0.717, 1.165) is 31.7 Å². The van der Waals surface area contributed by atoms with Crippen molar-refractivity contribution < 1.29 is 13.9 Å². The van der Waals surface area contributed by atoms with E-state index in [2.05, 4.69) is 21.2 Å². The third kappa shape index (κ3) is 3.83. The Bertz CT molecular complexity index is 453. The second-order valence-corrected chi connectivity index (χ2v) is 5.50. The van der Waals surface area contributed by atoms with Gasteiger partial charge in [0.25, 0.3) is 5.91 Å². The summed E-state index contributed by atoms with van der Waals surface area (Å²) in [5.74, 6) is -0.336. The minimum absolute atomic E-state index is 0.120. The summed E-state index contributed by atoms with van der Waals surface area (Å²) in [4.78, 5) is 11.7. The number of ether oxygens (including phenoxy) is 1. The Hall–Kier alpha value is -1.30. The molecule has 3 N–H and O–H groups in total. The van der Waals surface area contributed by atoms with Gasteiger partial charge in [0.05, 0.1) is 10.2 Å². The summed E-state index contributed by atoms with van der Waals surface area (Å²) in [7, 11) is 0. The third-order valence-corrected chi connectivity index (χ3v) is 3.69. The van der Waals surface area contributed by atoms with Crippen LogP contribution in [0.1, 0.15) is 25.7 Å². The van der Waals surface area contributed by atoms with Crippen molar-refractivity contribution in [3.8, 4) is 5.75 Å². The average molecular weight is 331 g/mol. The van der Waals surface area contributed by atoms with Gasteiger partial charge in [0.2, 0.25) is 0 Å². The minimum Gasteiger partial charge on any atom is -0.480 e. The number of nitrogens with two attached hydrogens (primary N) is 1. The first-order chi connectivity index (χ1) is 9.06. The van der Waals surface area contributed by atoms with Gasteiger partial charge >= 0.3 is 0 Å². The predicted molar refractivity (Wildman–Crippen MR) is 74.4 cm³/mol. The molecule has 1 aliphatic rings. The van der Waals surface area contributed by atoms with Gasteiger partial charge in [-0.1, -0.05) is 12.8 Å². The number of nitrogen functional groups attached to an aromatic ring is 1. The van der Waals surface area contributed by atoms with Crippen LogP contribution in [-0.2, 0) is 4.79 Å². The van der Waals surface area contributed by atoms with Crippen LogP contribution in [0.3, 0.4) is 0 Å². The zero-order chi connectivity index (χ0) is 13.8. The lowest BCUT2D eigenvalue weighted by atomic mass is 10.2. The number of amides is 1. The molecule has 6 heteroatoms. The normalized spacial score (nSPS) is 15.5. The zero-order valence-corrected chi connectivity index (χ0v) is 12.0. The summed E-state index contributed by atoms with van der Waals surface area (Å²) < 4.78 is 18.8. The lowest BCUT2D eigenvalue weighted by Crippen LogP contribution is -2.36. The maximum absolute atomic E-state index is 13.0. The van der Waals surface area contributed by atoms with Crippen LogP contribution in [0.5, 0.6) is 5.75 Å². The minimum atomic E-state index is -0.452. The van der Waals surface area contributed by atoms with Gasteiger partial charge in [0.1, 0.15) is 5.82 Å². The maximum atomic E-state index is 13.0. The summed E-state index contributed by atoms with van der Waals surface area (Å²) in [5.41, 5.74) is 5.81. The molecule has 1 amide bonds. The van der Waals surface area contributed by atoms with Crippen LogP contribution >= 0.6 is 15.9 Å². The summed E-state index contributed by atoms with van der Waals surface area (Å²) in [6.07, 6.45) is 4.35. The van der Waals surface area contributed by atoms with Crippen molar-refractivity contribution in [3.05, 3.63) is 22.4 Å². The molecule has 1 aliphatic carbocycles. The van der Waals surface area contributed by atoms with Gasteiger partial charge in [-0.15, -0.1) is 0 Å². The van der Waals surface area contributed by atoms with Crippen LogP contribution in [0.15, 0.2) is 16.6 Å². The summed E-state index contributed by atoms with van der Waals surface area (Å²) in [6.45, 7) is -0.120. The predicted octanol–water partition coefficient (Wildman–Crippen LogP) is 2.61. The number of carbonyl (C=O) groups is 1. The van der Waals surface area contributed by atoms with Gasteiger partial charge in [0, 0.05) is 12.1 Å². The average Bonchev–Trinajstić information content (AvgIpc) is 2.80. The number of nitrogens with one attached hydrogen (secondary N) is 1. The number of hydrogen-bond donors (Lipinski definition) is 2. The van der Waals surface area contributed by atoms with Crippen molar-refractivity contribution in [1.29, 1.82) is 0 Å². The molecule has 1 fully saturated rings. The van der Waals surface area contributed by atoms with Gasteiger partial charge < -0.3 is 15.8 Å². The number of benzene rings is 1. The quantitative estimate of drug-likeness (QED) is 0.834. The molecule has 2 rings (SSSR count). The van der Waals surface area contributed by atoms with E-state index in [1.54, 1.807) is 0 Å². The van der Waals surface area contributed by atoms with E-state index in [-0.39, 0.29) is 24.2 Å². The maximum Gasteiger partial charge on any atom is 0.258 e. The number of hydrogen-bond acceptors (Lipinski definition) is 3. The molecule has 1 saturated carbocycles. The van der Waals surface area contributed by atoms with Crippen LogP contribution in [0.25, 0.3) is 0 Å². The Balaban J connectivity index is 1.89. The van der Waals surface area contributed by atoms with Gasteiger partial charge in [-0.3, -0.25) is 4.79 Å². The van der Waals surface area contributed by atoms with Crippen molar-refractivity contribution >= 4 is 27.5 Å². The standard InChI is InChI=1S/C13H16BrFN2O2/c14-10-5-8(15)6-11(16)13(10)19-7-12(18)17-9-3-1-2-4-9/h5-6,9H,1-4,7,16H2,(H,17,18). The molecule has 0 aromatic heterocycles. The Labute approximate surface area is 119 Å². The zero-order valence-electron chi connectivity index (χ0n) is 10.4. The smallest absolute Gasteiger partial charge is 0.258 e. The van der Waals surface area contributed by atoms with Gasteiger partial charge in [-0.25, -0.2) is 4.39 Å². The monoisotopic (exact) mass is 330 g/mol. The second-order valence-electron chi connectivity index (χ2n) is 4.64. The van der Waals surface area contributed by atoms with Gasteiger partial charge in [0.15, 0.2) is 12.4 Å². The summed E-state index contributed by atoms with van der Waals surface area (Å²) >= 11 is 3.16. The number of halogens is 2.